The summed E-state index contributed by atoms with van der Waals surface area (Å²) in [6, 6.07) is 0. The summed E-state index contributed by atoms with van der Waals surface area (Å²) >= 11 is 0. The molecule has 0 bridgehead atoms. The second-order valence-corrected chi connectivity index (χ2v) is 9.01. The number of nitrogens with two attached hydrogens (primary N) is 1. The minimum Gasteiger partial charge on any atom is -0.465 e. The topological polar surface area (TPSA) is 148 Å². The Morgan fingerprint density at radius 2 is 1.42 bits per heavy atom. The summed E-state index contributed by atoms with van der Waals surface area (Å²) < 4.78 is 42.0. The van der Waals surface area contributed by atoms with E-state index in [0.29, 0.717) is 6.42 Å². The molecule has 0 aromatic rings. The lowest BCUT2D eigenvalue weighted by Gasteiger charge is -2.30. The van der Waals surface area contributed by atoms with Gasteiger partial charge in [0, 0.05) is 11.1 Å². The molecule has 0 amide bonds. The molecule has 178 valence electrons. The third kappa shape index (κ3) is 11.1. The molecule has 10 nitrogen and oxygen atoms in total. The molecule has 0 aliphatic heterocycles. The minimum absolute atomic E-state index is 0.0876. The van der Waals surface area contributed by atoms with Crippen molar-refractivity contribution in [3.63, 3.8) is 0 Å². The largest absolute Gasteiger partial charge is 0.465 e. The van der Waals surface area contributed by atoms with Crippen LogP contribution in [-0.2, 0) is 43.0 Å². The van der Waals surface area contributed by atoms with Gasteiger partial charge in [0.15, 0.2) is 0 Å². The Kier molecular flexibility index (Phi) is 12.9. The quantitative estimate of drug-likeness (QED) is 0.118. The van der Waals surface area contributed by atoms with Crippen LogP contribution in [0.5, 0.6) is 0 Å². The zero-order valence-electron chi connectivity index (χ0n) is 18.4. The van der Waals surface area contributed by atoms with Crippen LogP contribution in [0.3, 0.4) is 0 Å². The van der Waals surface area contributed by atoms with Crippen molar-refractivity contribution in [1.82, 2.24) is 0 Å². The van der Waals surface area contributed by atoms with E-state index in [4.69, 9.17) is 14.2 Å². The van der Waals surface area contributed by atoms with Crippen LogP contribution in [0.15, 0.2) is 24.3 Å². The van der Waals surface area contributed by atoms with E-state index in [1.807, 2.05) is 6.92 Å². The number of unbranched alkanes of at least 4 members (excludes halogenated alkanes) is 2. The lowest BCUT2D eigenvalue weighted by molar-refractivity contribution is -0.171. The highest BCUT2D eigenvalue weighted by Gasteiger charge is 2.43. The van der Waals surface area contributed by atoms with Crippen LogP contribution in [0.2, 0.25) is 0 Å². The molecule has 0 heterocycles. The molecule has 0 aromatic carbocycles. The highest BCUT2D eigenvalue weighted by molar-refractivity contribution is 7.86. The third-order valence-electron chi connectivity index (χ3n) is 4.27. The van der Waals surface area contributed by atoms with Gasteiger partial charge in [-0.25, -0.2) is 9.59 Å². The van der Waals surface area contributed by atoms with E-state index in [0.717, 1.165) is 6.42 Å². The highest BCUT2D eigenvalue weighted by atomic mass is 32.2. The van der Waals surface area contributed by atoms with Crippen molar-refractivity contribution in [3.8, 4) is 0 Å². The Hall–Kier alpha value is -2.24. The first-order chi connectivity index (χ1) is 14.4. The molecule has 0 aliphatic rings. The van der Waals surface area contributed by atoms with E-state index < -0.39 is 33.4 Å². The maximum atomic E-state index is 12.9. The van der Waals surface area contributed by atoms with Gasteiger partial charge in [-0.2, -0.15) is 18.6 Å². The molecule has 0 atom stereocenters. The number of esters is 3. The predicted octanol–water partition coefficient (Wildman–Crippen LogP) is 1.95. The van der Waals surface area contributed by atoms with Crippen molar-refractivity contribution < 1.29 is 41.3 Å². The van der Waals surface area contributed by atoms with Crippen molar-refractivity contribution in [3.05, 3.63) is 24.3 Å². The predicted molar refractivity (Wildman–Crippen MR) is 113 cm³/mol. The van der Waals surface area contributed by atoms with E-state index in [9.17, 15) is 22.8 Å². The van der Waals surface area contributed by atoms with Gasteiger partial charge in [-0.3, -0.25) is 4.79 Å². The number of hydrogen-bond acceptors (Lipinski definition) is 10. The van der Waals surface area contributed by atoms with Gasteiger partial charge in [-0.15, -0.1) is 0 Å². The second-order valence-electron chi connectivity index (χ2n) is 7.30. The van der Waals surface area contributed by atoms with Crippen molar-refractivity contribution >= 4 is 28.0 Å². The summed E-state index contributed by atoms with van der Waals surface area (Å²) in [5.74, 6) is 2.24. The highest BCUT2D eigenvalue weighted by Crippen LogP contribution is 2.29. The first kappa shape index (κ1) is 28.8. The standard InChI is InChI=1S/C20H33NO9S/c1-6-7-10-20(13-28-17(22)15(2)3,14-29-18(23)16(4)5)19(24)27-11-8-9-12-31(25,26)30-21/h2,4,6-14,21H2,1,3,5H3. The fraction of sp³-hybridized carbons (Fsp3) is 0.650. The summed E-state index contributed by atoms with van der Waals surface area (Å²) in [5, 5.41) is 0. The van der Waals surface area contributed by atoms with Gasteiger partial charge >= 0.3 is 17.9 Å². The zero-order valence-corrected chi connectivity index (χ0v) is 19.3. The Balaban J connectivity index is 5.32. The molecule has 0 fully saturated rings. The molecule has 0 rings (SSSR count). The lowest BCUT2D eigenvalue weighted by atomic mass is 9.84. The number of carbonyl (C=O) groups is 3. The first-order valence-electron chi connectivity index (χ1n) is 9.84. The van der Waals surface area contributed by atoms with Crippen LogP contribution >= 0.6 is 0 Å². The maximum absolute atomic E-state index is 12.9. The zero-order chi connectivity index (χ0) is 24.1. The monoisotopic (exact) mass is 463 g/mol. The number of ether oxygens (including phenoxy) is 3. The van der Waals surface area contributed by atoms with Crippen LogP contribution in [-0.4, -0.2) is 51.9 Å². The Morgan fingerprint density at radius 3 is 1.84 bits per heavy atom. The molecule has 0 radical (unpaired) electrons. The van der Waals surface area contributed by atoms with Crippen LogP contribution in [0.4, 0.5) is 0 Å². The summed E-state index contributed by atoms with van der Waals surface area (Å²) in [6.45, 7) is 11.0. The number of carbonyl (C=O) groups excluding carboxylic acids is 3. The van der Waals surface area contributed by atoms with Crippen molar-refractivity contribution in [2.75, 3.05) is 25.6 Å². The molecule has 31 heavy (non-hydrogen) atoms. The third-order valence-corrected chi connectivity index (χ3v) is 5.35. The van der Waals surface area contributed by atoms with Crippen molar-refractivity contribution in [2.24, 2.45) is 11.3 Å². The Bertz CT molecular complexity index is 729. The first-order valence-corrected chi connectivity index (χ1v) is 11.4. The van der Waals surface area contributed by atoms with Crippen LogP contribution in [0.25, 0.3) is 0 Å². The van der Waals surface area contributed by atoms with E-state index in [1.54, 1.807) is 0 Å². The van der Waals surface area contributed by atoms with E-state index >= 15 is 0 Å². The fourth-order valence-electron chi connectivity index (χ4n) is 2.32. The second kappa shape index (κ2) is 13.9. The summed E-state index contributed by atoms with van der Waals surface area (Å²) in [7, 11) is -3.81. The molecule has 11 heteroatoms. The van der Waals surface area contributed by atoms with Gasteiger partial charge in [0.05, 0.1) is 12.4 Å². The Morgan fingerprint density at radius 1 is 0.903 bits per heavy atom. The van der Waals surface area contributed by atoms with Gasteiger partial charge in [-0.05, 0) is 33.1 Å². The lowest BCUT2D eigenvalue weighted by Crippen LogP contribution is -2.43. The molecular weight excluding hydrogens is 430 g/mol. The van der Waals surface area contributed by atoms with Gasteiger partial charge in [-0.1, -0.05) is 32.9 Å². The molecule has 0 saturated carbocycles. The molecule has 0 aliphatic carbocycles. The van der Waals surface area contributed by atoms with E-state index in [1.165, 1.54) is 13.8 Å². The smallest absolute Gasteiger partial charge is 0.333 e. The maximum Gasteiger partial charge on any atom is 0.333 e. The summed E-state index contributed by atoms with van der Waals surface area (Å²) in [4.78, 5) is 36.7. The fourth-order valence-corrected chi connectivity index (χ4v) is 2.98. The molecule has 0 aromatic heterocycles. The number of hydrogen-bond donors (Lipinski definition) is 1. The Labute approximate surface area is 183 Å². The van der Waals surface area contributed by atoms with Gasteiger partial charge in [0.25, 0.3) is 10.1 Å². The van der Waals surface area contributed by atoms with E-state index in [2.05, 4.69) is 23.3 Å². The molecule has 0 saturated heterocycles. The van der Waals surface area contributed by atoms with Crippen LogP contribution < -0.4 is 5.90 Å². The summed E-state index contributed by atoms with van der Waals surface area (Å²) in [6.07, 6.45) is 1.94. The molecule has 2 N–H and O–H groups in total. The SMILES string of the molecule is C=C(C)C(=O)OCC(CCCC)(COC(=O)C(=C)C)C(=O)OCCCCS(=O)(=O)ON. The molecular formula is C20H33NO9S. The van der Waals surface area contributed by atoms with Gasteiger partial charge in [0.1, 0.15) is 18.6 Å². The average Bonchev–Trinajstić information content (AvgIpc) is 2.72. The normalized spacial score (nSPS) is 11.5. The van der Waals surface area contributed by atoms with Crippen LogP contribution in [0, 0.1) is 5.41 Å². The van der Waals surface area contributed by atoms with Gasteiger partial charge < -0.3 is 14.2 Å². The summed E-state index contributed by atoms with van der Waals surface area (Å²) in [5.41, 5.74) is -1.11. The molecule has 0 spiro atoms. The van der Waals surface area contributed by atoms with Crippen LogP contribution in [0.1, 0.15) is 52.9 Å². The average molecular weight is 464 g/mol. The van der Waals surface area contributed by atoms with E-state index in [-0.39, 0.29) is 56.0 Å². The van der Waals surface area contributed by atoms with Crippen molar-refractivity contribution in [2.45, 2.75) is 52.9 Å². The molecule has 0 unspecified atom stereocenters. The van der Waals surface area contributed by atoms with Gasteiger partial charge in [0.2, 0.25) is 0 Å². The van der Waals surface area contributed by atoms with Crippen molar-refractivity contribution in [1.29, 1.82) is 0 Å². The number of rotatable bonds is 16. The minimum atomic E-state index is -3.81.